The third-order valence-corrected chi connectivity index (χ3v) is 6.45. The fourth-order valence-corrected chi connectivity index (χ4v) is 4.67. The van der Waals surface area contributed by atoms with Gasteiger partial charge in [-0.25, -0.2) is 4.98 Å². The van der Waals surface area contributed by atoms with Gasteiger partial charge in [-0.1, -0.05) is 6.07 Å². The van der Waals surface area contributed by atoms with Crippen molar-refractivity contribution in [2.24, 2.45) is 11.7 Å². The molecule has 23 heavy (non-hydrogen) atoms. The minimum Gasteiger partial charge on any atom is -0.369 e. The van der Waals surface area contributed by atoms with Crippen LogP contribution in [0.2, 0.25) is 0 Å². The minimum atomic E-state index is -0.324. The molecule has 1 fully saturated rings. The standard InChI is InChI=1S/C16H19N3O2S2/c1-9-5-6-11(14(17)20)8-19(9)16(21)13-10(2)18-15(23-13)12-4-3-7-22-12/h3-4,7,9,11H,5-6,8H2,1-2H3,(H2,17,20)/t9-,11+/m1/s1. The van der Waals surface area contributed by atoms with Crippen LogP contribution in [-0.2, 0) is 4.79 Å². The van der Waals surface area contributed by atoms with Crippen LogP contribution in [0.15, 0.2) is 17.5 Å². The summed E-state index contributed by atoms with van der Waals surface area (Å²) in [5.41, 5.74) is 6.17. The number of likely N-dealkylation sites (tertiary alicyclic amines) is 1. The number of hydrogen-bond donors (Lipinski definition) is 1. The molecule has 0 aromatic carbocycles. The molecule has 0 saturated carbocycles. The lowest BCUT2D eigenvalue weighted by Crippen LogP contribution is -2.48. The van der Waals surface area contributed by atoms with Crippen LogP contribution in [0.4, 0.5) is 0 Å². The van der Waals surface area contributed by atoms with E-state index in [1.165, 1.54) is 11.3 Å². The van der Waals surface area contributed by atoms with E-state index in [9.17, 15) is 9.59 Å². The maximum atomic E-state index is 12.9. The van der Waals surface area contributed by atoms with Gasteiger partial charge in [-0.3, -0.25) is 9.59 Å². The molecule has 5 nitrogen and oxygen atoms in total. The van der Waals surface area contributed by atoms with E-state index in [0.717, 1.165) is 28.4 Å². The van der Waals surface area contributed by atoms with Crippen molar-refractivity contribution in [1.29, 1.82) is 0 Å². The van der Waals surface area contributed by atoms with Gasteiger partial charge >= 0.3 is 0 Å². The predicted molar refractivity (Wildman–Crippen MR) is 92.6 cm³/mol. The fraction of sp³-hybridized carbons (Fsp3) is 0.438. The molecule has 1 saturated heterocycles. The number of carbonyl (C=O) groups is 2. The van der Waals surface area contributed by atoms with Crippen molar-refractivity contribution >= 4 is 34.5 Å². The highest BCUT2D eigenvalue weighted by Gasteiger charge is 2.33. The van der Waals surface area contributed by atoms with E-state index in [2.05, 4.69) is 4.98 Å². The zero-order valence-corrected chi connectivity index (χ0v) is 14.7. The van der Waals surface area contributed by atoms with Crippen molar-refractivity contribution in [2.75, 3.05) is 6.54 Å². The Morgan fingerprint density at radius 1 is 1.39 bits per heavy atom. The van der Waals surface area contributed by atoms with E-state index < -0.39 is 0 Å². The average Bonchev–Trinajstić information content (AvgIpc) is 3.16. The summed E-state index contributed by atoms with van der Waals surface area (Å²) in [5, 5.41) is 2.87. The highest BCUT2D eigenvalue weighted by atomic mass is 32.1. The van der Waals surface area contributed by atoms with Gasteiger partial charge in [0, 0.05) is 12.6 Å². The van der Waals surface area contributed by atoms with Gasteiger partial charge in [0.2, 0.25) is 5.91 Å². The number of hydrogen-bond acceptors (Lipinski definition) is 5. The monoisotopic (exact) mass is 349 g/mol. The molecule has 0 aliphatic carbocycles. The Morgan fingerprint density at radius 3 is 2.83 bits per heavy atom. The van der Waals surface area contributed by atoms with Crippen LogP contribution >= 0.6 is 22.7 Å². The van der Waals surface area contributed by atoms with Crippen LogP contribution in [0.25, 0.3) is 9.88 Å². The van der Waals surface area contributed by atoms with Crippen LogP contribution in [0.3, 0.4) is 0 Å². The molecule has 1 aliphatic heterocycles. The van der Waals surface area contributed by atoms with E-state index >= 15 is 0 Å². The Kier molecular flexibility index (Phi) is 4.50. The molecule has 0 spiro atoms. The lowest BCUT2D eigenvalue weighted by molar-refractivity contribution is -0.123. The number of carbonyl (C=O) groups excluding carboxylic acids is 2. The molecule has 0 bridgehead atoms. The van der Waals surface area contributed by atoms with E-state index in [-0.39, 0.29) is 23.8 Å². The van der Waals surface area contributed by atoms with Crippen LogP contribution in [0.1, 0.15) is 35.1 Å². The maximum Gasteiger partial charge on any atom is 0.266 e. The van der Waals surface area contributed by atoms with Crippen LogP contribution in [0.5, 0.6) is 0 Å². The Bertz CT molecular complexity index is 724. The first kappa shape index (κ1) is 16.1. The third kappa shape index (κ3) is 3.16. The normalized spacial score (nSPS) is 21.4. The number of primary amides is 1. The van der Waals surface area contributed by atoms with E-state index in [0.29, 0.717) is 11.4 Å². The maximum absolute atomic E-state index is 12.9. The predicted octanol–water partition coefficient (Wildman–Crippen LogP) is 2.91. The third-order valence-electron chi connectivity index (χ3n) is 4.27. The second kappa shape index (κ2) is 6.41. The highest BCUT2D eigenvalue weighted by Crippen LogP contribution is 2.33. The lowest BCUT2D eigenvalue weighted by atomic mass is 9.93. The minimum absolute atomic E-state index is 0.0405. The van der Waals surface area contributed by atoms with Crippen LogP contribution < -0.4 is 5.73 Å². The molecule has 1 aliphatic rings. The number of aromatic nitrogens is 1. The molecular weight excluding hydrogens is 330 g/mol. The summed E-state index contributed by atoms with van der Waals surface area (Å²) in [6.45, 7) is 4.29. The van der Waals surface area contributed by atoms with Crippen LogP contribution in [0, 0.1) is 12.8 Å². The van der Waals surface area contributed by atoms with Gasteiger partial charge in [-0.15, -0.1) is 22.7 Å². The summed E-state index contributed by atoms with van der Waals surface area (Å²) < 4.78 is 0. The number of nitrogens with two attached hydrogens (primary N) is 1. The summed E-state index contributed by atoms with van der Waals surface area (Å²) >= 11 is 3.03. The van der Waals surface area contributed by atoms with Crippen molar-refractivity contribution in [2.45, 2.75) is 32.7 Å². The summed E-state index contributed by atoms with van der Waals surface area (Å²) in [5.74, 6) is -0.614. The molecular formula is C16H19N3O2S2. The number of amides is 2. The topological polar surface area (TPSA) is 76.3 Å². The van der Waals surface area contributed by atoms with Gasteiger partial charge in [-0.2, -0.15) is 0 Å². The molecule has 0 unspecified atom stereocenters. The molecule has 2 N–H and O–H groups in total. The van der Waals surface area contributed by atoms with E-state index in [4.69, 9.17) is 5.73 Å². The number of nitrogens with zero attached hydrogens (tertiary/aromatic N) is 2. The highest BCUT2D eigenvalue weighted by molar-refractivity contribution is 7.22. The fourth-order valence-electron chi connectivity index (χ4n) is 2.85. The lowest BCUT2D eigenvalue weighted by Gasteiger charge is -2.36. The van der Waals surface area contributed by atoms with Crippen LogP contribution in [-0.4, -0.2) is 34.3 Å². The van der Waals surface area contributed by atoms with Gasteiger partial charge in [-0.05, 0) is 38.1 Å². The first-order valence-electron chi connectivity index (χ1n) is 7.59. The summed E-state index contributed by atoms with van der Waals surface area (Å²) in [6.07, 6.45) is 1.55. The summed E-state index contributed by atoms with van der Waals surface area (Å²) in [7, 11) is 0. The largest absolute Gasteiger partial charge is 0.369 e. The Balaban J connectivity index is 1.86. The number of piperidine rings is 1. The molecule has 2 aromatic heterocycles. The van der Waals surface area contributed by atoms with E-state index in [1.807, 2.05) is 31.4 Å². The van der Waals surface area contributed by atoms with Gasteiger partial charge in [0.25, 0.3) is 5.91 Å². The Morgan fingerprint density at radius 2 is 2.17 bits per heavy atom. The average molecular weight is 349 g/mol. The number of thiophene rings is 1. The Hall–Kier alpha value is -1.73. The molecule has 2 amide bonds. The Labute approximate surface area is 143 Å². The smallest absolute Gasteiger partial charge is 0.266 e. The molecule has 3 heterocycles. The molecule has 3 rings (SSSR count). The van der Waals surface area contributed by atoms with Crippen molar-refractivity contribution in [3.8, 4) is 9.88 Å². The molecule has 7 heteroatoms. The van der Waals surface area contributed by atoms with E-state index in [1.54, 1.807) is 16.2 Å². The first-order valence-corrected chi connectivity index (χ1v) is 9.28. The molecule has 2 aromatic rings. The number of rotatable bonds is 3. The second-order valence-electron chi connectivity index (χ2n) is 5.89. The second-order valence-corrected chi connectivity index (χ2v) is 7.84. The van der Waals surface area contributed by atoms with Crippen molar-refractivity contribution in [3.05, 3.63) is 28.1 Å². The summed E-state index contributed by atoms with van der Waals surface area (Å²) in [6, 6.07) is 4.09. The quantitative estimate of drug-likeness (QED) is 0.925. The van der Waals surface area contributed by atoms with Gasteiger partial charge < -0.3 is 10.6 Å². The first-order chi connectivity index (χ1) is 11.0. The van der Waals surface area contributed by atoms with Gasteiger partial charge in [0.1, 0.15) is 9.88 Å². The van der Waals surface area contributed by atoms with Crippen molar-refractivity contribution in [1.82, 2.24) is 9.88 Å². The summed E-state index contributed by atoms with van der Waals surface area (Å²) in [4.78, 5) is 32.4. The van der Waals surface area contributed by atoms with Gasteiger partial charge in [0.05, 0.1) is 16.5 Å². The van der Waals surface area contributed by atoms with Gasteiger partial charge in [0.15, 0.2) is 0 Å². The zero-order chi connectivity index (χ0) is 16.6. The molecule has 0 radical (unpaired) electrons. The number of thiazole rings is 1. The van der Waals surface area contributed by atoms with Crippen molar-refractivity contribution < 1.29 is 9.59 Å². The SMILES string of the molecule is Cc1nc(-c2cccs2)sc1C(=O)N1C[C@@H](C(N)=O)CC[C@H]1C. The zero-order valence-electron chi connectivity index (χ0n) is 13.1. The number of aryl methyl sites for hydroxylation is 1. The molecule has 122 valence electrons. The molecule has 2 atom stereocenters. The van der Waals surface area contributed by atoms with Crippen molar-refractivity contribution in [3.63, 3.8) is 0 Å².